The maximum absolute atomic E-state index is 11.4. The molecule has 4 heteroatoms. The number of carbonyl (C=O) groups excluding carboxylic acids is 1. The number of hydrogen-bond donors (Lipinski definition) is 1. The number of benzene rings is 1. The molecule has 0 aliphatic carbocycles. The average molecular weight is 252 g/mol. The van der Waals surface area contributed by atoms with Gasteiger partial charge in [0.15, 0.2) is 0 Å². The molecule has 0 heterocycles. The fourth-order valence-corrected chi connectivity index (χ4v) is 1.48. The Labute approximate surface area is 107 Å². The normalized spacial score (nSPS) is 11.3. The molecule has 0 unspecified atom stereocenters. The summed E-state index contributed by atoms with van der Waals surface area (Å²) in [6.07, 6.45) is 2.24. The van der Waals surface area contributed by atoms with Gasteiger partial charge in [0.05, 0.1) is 0 Å². The SMILES string of the molecule is CCCCC(=O)Oc1ccc(C(C)(C)OO)cc1. The molecule has 4 nitrogen and oxygen atoms in total. The van der Waals surface area contributed by atoms with Crippen LogP contribution in [0.1, 0.15) is 45.6 Å². The van der Waals surface area contributed by atoms with Gasteiger partial charge in [-0.3, -0.25) is 10.1 Å². The first-order chi connectivity index (χ1) is 8.49. The molecule has 0 aliphatic rings. The second-order valence-corrected chi connectivity index (χ2v) is 4.70. The molecule has 0 amide bonds. The molecule has 0 bridgehead atoms. The number of hydrogen-bond acceptors (Lipinski definition) is 4. The fraction of sp³-hybridized carbons (Fsp3) is 0.500. The van der Waals surface area contributed by atoms with E-state index in [2.05, 4.69) is 4.89 Å². The molecule has 0 saturated carbocycles. The molecule has 0 aromatic heterocycles. The monoisotopic (exact) mass is 252 g/mol. The molecule has 0 saturated heterocycles. The van der Waals surface area contributed by atoms with Crippen molar-refractivity contribution >= 4 is 5.97 Å². The van der Waals surface area contributed by atoms with Gasteiger partial charge in [-0.15, -0.1) is 0 Å². The summed E-state index contributed by atoms with van der Waals surface area (Å²) < 4.78 is 5.18. The summed E-state index contributed by atoms with van der Waals surface area (Å²) in [6.45, 7) is 5.52. The molecule has 0 aliphatic heterocycles. The minimum absolute atomic E-state index is 0.220. The minimum Gasteiger partial charge on any atom is -0.427 e. The molecule has 0 radical (unpaired) electrons. The maximum atomic E-state index is 11.4. The van der Waals surface area contributed by atoms with Crippen molar-refractivity contribution in [3.63, 3.8) is 0 Å². The predicted octanol–water partition coefficient (Wildman–Crippen LogP) is 3.51. The highest BCUT2D eigenvalue weighted by Gasteiger charge is 2.21. The van der Waals surface area contributed by atoms with E-state index in [1.165, 1.54) is 0 Å². The Morgan fingerprint density at radius 2 is 1.89 bits per heavy atom. The smallest absolute Gasteiger partial charge is 0.311 e. The summed E-state index contributed by atoms with van der Waals surface area (Å²) in [5, 5.41) is 8.77. The molecule has 18 heavy (non-hydrogen) atoms. The van der Waals surface area contributed by atoms with Crippen molar-refractivity contribution < 1.29 is 19.7 Å². The molecule has 0 spiro atoms. The topological polar surface area (TPSA) is 55.8 Å². The van der Waals surface area contributed by atoms with Crippen LogP contribution >= 0.6 is 0 Å². The lowest BCUT2D eigenvalue weighted by molar-refractivity contribution is -0.318. The number of unbranched alkanes of at least 4 members (excludes halogenated alkanes) is 1. The van der Waals surface area contributed by atoms with Crippen LogP contribution in [0.5, 0.6) is 5.75 Å². The third-order valence-electron chi connectivity index (χ3n) is 2.74. The van der Waals surface area contributed by atoms with E-state index in [1.54, 1.807) is 38.1 Å². The Bertz CT molecular complexity index is 381. The Morgan fingerprint density at radius 1 is 1.28 bits per heavy atom. The lowest BCUT2D eigenvalue weighted by Crippen LogP contribution is -2.19. The van der Waals surface area contributed by atoms with Gasteiger partial charge in [-0.25, -0.2) is 4.89 Å². The maximum Gasteiger partial charge on any atom is 0.311 e. The predicted molar refractivity (Wildman–Crippen MR) is 68.3 cm³/mol. The first kappa shape index (κ1) is 14.7. The molecule has 100 valence electrons. The summed E-state index contributed by atoms with van der Waals surface area (Å²) in [7, 11) is 0. The number of esters is 1. The third-order valence-corrected chi connectivity index (χ3v) is 2.74. The van der Waals surface area contributed by atoms with Gasteiger partial charge in [0.2, 0.25) is 0 Å². The Morgan fingerprint density at radius 3 is 2.39 bits per heavy atom. The zero-order valence-corrected chi connectivity index (χ0v) is 11.1. The van der Waals surface area contributed by atoms with Crippen LogP contribution in [0.3, 0.4) is 0 Å². The van der Waals surface area contributed by atoms with Crippen LogP contribution in [0.15, 0.2) is 24.3 Å². The van der Waals surface area contributed by atoms with Crippen molar-refractivity contribution in [1.29, 1.82) is 0 Å². The van der Waals surface area contributed by atoms with Crippen LogP contribution in [0.4, 0.5) is 0 Å². The highest BCUT2D eigenvalue weighted by molar-refractivity contribution is 5.72. The number of ether oxygens (including phenoxy) is 1. The largest absolute Gasteiger partial charge is 0.427 e. The molecule has 1 aromatic rings. The Hall–Kier alpha value is -1.39. The van der Waals surface area contributed by atoms with Crippen molar-refractivity contribution in [3.8, 4) is 5.75 Å². The van der Waals surface area contributed by atoms with Gasteiger partial charge in [-0.05, 0) is 38.0 Å². The quantitative estimate of drug-likeness (QED) is 0.364. The molecule has 1 aromatic carbocycles. The van der Waals surface area contributed by atoms with Gasteiger partial charge in [-0.2, -0.15) is 0 Å². The van der Waals surface area contributed by atoms with Crippen molar-refractivity contribution in [2.75, 3.05) is 0 Å². The van der Waals surface area contributed by atoms with Crippen molar-refractivity contribution in [2.24, 2.45) is 0 Å². The van der Waals surface area contributed by atoms with Crippen LogP contribution in [0.2, 0.25) is 0 Å². The highest BCUT2D eigenvalue weighted by atomic mass is 17.1. The van der Waals surface area contributed by atoms with Crippen LogP contribution in [0.25, 0.3) is 0 Å². The summed E-state index contributed by atoms with van der Waals surface area (Å²) >= 11 is 0. The lowest BCUT2D eigenvalue weighted by Gasteiger charge is -2.20. The fourth-order valence-electron chi connectivity index (χ4n) is 1.48. The van der Waals surface area contributed by atoms with Gasteiger partial charge in [-0.1, -0.05) is 25.5 Å². The summed E-state index contributed by atoms with van der Waals surface area (Å²) in [6, 6.07) is 6.91. The molecule has 1 N–H and O–H groups in total. The van der Waals surface area contributed by atoms with E-state index in [-0.39, 0.29) is 5.97 Å². The standard InChI is InChI=1S/C14H20O4/c1-4-5-6-13(15)17-12-9-7-11(8-10-12)14(2,3)18-16/h7-10,16H,4-6H2,1-3H3. The van der Waals surface area contributed by atoms with Gasteiger partial charge in [0, 0.05) is 6.42 Å². The van der Waals surface area contributed by atoms with E-state index >= 15 is 0 Å². The third kappa shape index (κ3) is 4.13. The van der Waals surface area contributed by atoms with E-state index in [0.29, 0.717) is 12.2 Å². The highest BCUT2D eigenvalue weighted by Crippen LogP contribution is 2.25. The van der Waals surface area contributed by atoms with Gasteiger partial charge < -0.3 is 4.74 Å². The first-order valence-electron chi connectivity index (χ1n) is 6.13. The van der Waals surface area contributed by atoms with Crippen LogP contribution in [0, 0.1) is 0 Å². The minimum atomic E-state index is -0.773. The van der Waals surface area contributed by atoms with Crippen molar-refractivity contribution in [3.05, 3.63) is 29.8 Å². The van der Waals surface area contributed by atoms with E-state index in [0.717, 1.165) is 18.4 Å². The Balaban J connectivity index is 2.63. The van der Waals surface area contributed by atoms with Crippen molar-refractivity contribution in [1.82, 2.24) is 0 Å². The number of rotatable bonds is 6. The zero-order chi connectivity index (χ0) is 13.6. The van der Waals surface area contributed by atoms with E-state index < -0.39 is 5.60 Å². The average Bonchev–Trinajstić information content (AvgIpc) is 2.37. The molecular weight excluding hydrogens is 232 g/mol. The van der Waals surface area contributed by atoms with Gasteiger partial charge in [0.1, 0.15) is 11.4 Å². The Kier molecular flexibility index (Phi) is 5.31. The molecule has 0 fully saturated rings. The van der Waals surface area contributed by atoms with Crippen molar-refractivity contribution in [2.45, 2.75) is 45.6 Å². The summed E-state index contributed by atoms with van der Waals surface area (Å²) in [4.78, 5) is 15.8. The summed E-state index contributed by atoms with van der Waals surface area (Å²) in [5.74, 6) is 0.288. The number of carbonyl (C=O) groups is 1. The van der Waals surface area contributed by atoms with E-state index in [4.69, 9.17) is 9.99 Å². The zero-order valence-electron chi connectivity index (χ0n) is 11.1. The second-order valence-electron chi connectivity index (χ2n) is 4.70. The lowest BCUT2D eigenvalue weighted by atomic mass is 9.98. The van der Waals surface area contributed by atoms with Gasteiger partial charge in [0.25, 0.3) is 0 Å². The van der Waals surface area contributed by atoms with E-state index in [9.17, 15) is 4.79 Å². The molecule has 0 atom stereocenters. The van der Waals surface area contributed by atoms with E-state index in [1.807, 2.05) is 6.92 Å². The second kappa shape index (κ2) is 6.52. The molecule has 1 rings (SSSR count). The van der Waals surface area contributed by atoms with Crippen LogP contribution in [-0.4, -0.2) is 11.2 Å². The van der Waals surface area contributed by atoms with Crippen LogP contribution < -0.4 is 4.74 Å². The van der Waals surface area contributed by atoms with Gasteiger partial charge >= 0.3 is 5.97 Å². The van der Waals surface area contributed by atoms with Crippen LogP contribution in [-0.2, 0) is 15.3 Å². The molecular formula is C14H20O4. The first-order valence-corrected chi connectivity index (χ1v) is 6.13. The summed E-state index contributed by atoms with van der Waals surface area (Å²) in [5.41, 5.74) is 0.0310.